The predicted octanol–water partition coefficient (Wildman–Crippen LogP) is 3.47. The van der Waals surface area contributed by atoms with Gasteiger partial charge in [0.25, 0.3) is 0 Å². The first-order valence-electron chi connectivity index (χ1n) is 9.14. The Kier molecular flexibility index (Phi) is 13.5. The molecule has 0 amide bonds. The summed E-state index contributed by atoms with van der Waals surface area (Å²) in [7, 11) is 0. The van der Waals surface area contributed by atoms with Crippen molar-refractivity contribution in [3.05, 3.63) is 0 Å². The molecule has 0 aromatic heterocycles. The topological polar surface area (TPSA) is 71.1 Å². The van der Waals surface area contributed by atoms with E-state index >= 15 is 0 Å². The summed E-state index contributed by atoms with van der Waals surface area (Å²) in [6.07, 6.45) is 2.39. The lowest BCUT2D eigenvalue weighted by Crippen LogP contribution is -2.34. The first-order valence-corrected chi connectivity index (χ1v) is 9.14. The van der Waals surface area contributed by atoms with Crippen LogP contribution < -0.4 is 0 Å². The van der Waals surface area contributed by atoms with Crippen LogP contribution in [0.25, 0.3) is 0 Å². The van der Waals surface area contributed by atoms with Crippen molar-refractivity contribution in [2.75, 3.05) is 19.8 Å². The number of carbonyl (C=O) groups is 2. The van der Waals surface area contributed by atoms with Crippen LogP contribution in [0.15, 0.2) is 0 Å². The van der Waals surface area contributed by atoms with E-state index in [1.807, 2.05) is 27.7 Å². The van der Waals surface area contributed by atoms with Crippen LogP contribution in [0.3, 0.4) is 0 Å². The largest absolute Gasteiger partial charge is 0.462 e. The molecule has 0 radical (unpaired) electrons. The molecule has 3 unspecified atom stereocenters. The van der Waals surface area contributed by atoms with E-state index in [-0.39, 0.29) is 6.10 Å². The number of rotatable bonds is 14. The smallest absolute Gasteiger partial charge is 0.322 e. The minimum absolute atomic E-state index is 0.148. The summed E-state index contributed by atoms with van der Waals surface area (Å²) in [5.74, 6) is -2.02. The van der Waals surface area contributed by atoms with Gasteiger partial charge in [0.05, 0.1) is 6.61 Å². The average molecular weight is 346 g/mol. The van der Waals surface area contributed by atoms with E-state index in [2.05, 4.69) is 0 Å². The molecule has 0 rings (SSSR count). The van der Waals surface area contributed by atoms with Crippen molar-refractivity contribution in [1.29, 1.82) is 0 Å². The maximum absolute atomic E-state index is 12.3. The average Bonchev–Trinajstić information content (AvgIpc) is 2.55. The fourth-order valence-electron chi connectivity index (χ4n) is 2.24. The van der Waals surface area contributed by atoms with Crippen LogP contribution in [0.5, 0.6) is 0 Å². The van der Waals surface area contributed by atoms with Crippen molar-refractivity contribution in [3.63, 3.8) is 0 Å². The Morgan fingerprint density at radius 2 is 1.50 bits per heavy atom. The van der Waals surface area contributed by atoms with E-state index in [0.29, 0.717) is 32.7 Å². The second-order valence-corrected chi connectivity index (χ2v) is 5.52. The quantitative estimate of drug-likeness (QED) is 0.208. The minimum Gasteiger partial charge on any atom is -0.462 e. The van der Waals surface area contributed by atoms with Crippen molar-refractivity contribution in [2.24, 2.45) is 5.92 Å². The second kappa shape index (κ2) is 14.2. The Bertz CT molecular complexity index is 344. The summed E-state index contributed by atoms with van der Waals surface area (Å²) in [5.41, 5.74) is 0. The van der Waals surface area contributed by atoms with Gasteiger partial charge >= 0.3 is 11.9 Å². The fourth-order valence-corrected chi connectivity index (χ4v) is 2.24. The molecule has 0 aliphatic rings. The molecule has 24 heavy (non-hydrogen) atoms. The molecular weight excluding hydrogens is 312 g/mol. The molecule has 6 nitrogen and oxygen atoms in total. The lowest BCUT2D eigenvalue weighted by molar-refractivity contribution is -0.190. The second-order valence-electron chi connectivity index (χ2n) is 5.52. The molecule has 0 aromatic carbocycles. The molecule has 0 spiro atoms. The van der Waals surface area contributed by atoms with Gasteiger partial charge in [-0.2, -0.15) is 0 Å². The van der Waals surface area contributed by atoms with Crippen LogP contribution in [0.4, 0.5) is 0 Å². The first-order chi connectivity index (χ1) is 11.5. The van der Waals surface area contributed by atoms with Crippen molar-refractivity contribution in [3.8, 4) is 0 Å². The first kappa shape index (κ1) is 22.9. The molecule has 0 saturated heterocycles. The highest BCUT2D eigenvalue weighted by Crippen LogP contribution is 2.16. The van der Waals surface area contributed by atoms with E-state index < -0.39 is 24.1 Å². The van der Waals surface area contributed by atoms with Crippen LogP contribution in [0, 0.1) is 5.92 Å². The molecule has 0 N–H and O–H groups in total. The van der Waals surface area contributed by atoms with Gasteiger partial charge in [0.15, 0.2) is 5.92 Å². The number of hydrogen-bond donors (Lipinski definition) is 0. The Hall–Kier alpha value is -1.14. The number of ether oxygens (including phenoxy) is 4. The van der Waals surface area contributed by atoms with Gasteiger partial charge in [-0.25, -0.2) is 0 Å². The summed E-state index contributed by atoms with van der Waals surface area (Å²) in [6, 6.07) is 0. The highest BCUT2D eigenvalue weighted by molar-refractivity contribution is 5.94. The van der Waals surface area contributed by atoms with Crippen LogP contribution in [-0.4, -0.2) is 44.2 Å². The Labute approximate surface area is 146 Å². The van der Waals surface area contributed by atoms with Gasteiger partial charge in [0.2, 0.25) is 6.29 Å². The third-order valence-electron chi connectivity index (χ3n) is 3.63. The SMILES string of the molecule is CCCC(CC)OC(=O)C(CC)C(=O)OC(CCOCC)OCC. The normalized spacial score (nSPS) is 14.7. The monoisotopic (exact) mass is 346 g/mol. The Morgan fingerprint density at radius 1 is 0.833 bits per heavy atom. The van der Waals surface area contributed by atoms with Gasteiger partial charge in [0, 0.05) is 19.6 Å². The molecule has 0 aliphatic heterocycles. The Morgan fingerprint density at radius 3 is 2.00 bits per heavy atom. The standard InChI is InChI=1S/C18H34O6/c1-6-11-14(7-2)23-17(19)15(8-3)18(20)24-16(22-10-5)12-13-21-9-4/h14-16H,6-13H2,1-5H3. The van der Waals surface area contributed by atoms with Crippen molar-refractivity contribution >= 4 is 11.9 Å². The third kappa shape index (κ3) is 9.23. The minimum atomic E-state index is -0.911. The van der Waals surface area contributed by atoms with Crippen molar-refractivity contribution in [2.45, 2.75) is 79.1 Å². The van der Waals surface area contributed by atoms with E-state index in [0.717, 1.165) is 19.3 Å². The molecule has 0 aromatic rings. The Balaban J connectivity index is 4.64. The van der Waals surface area contributed by atoms with Gasteiger partial charge < -0.3 is 18.9 Å². The third-order valence-corrected chi connectivity index (χ3v) is 3.63. The zero-order valence-corrected chi connectivity index (χ0v) is 15.8. The number of esters is 2. The van der Waals surface area contributed by atoms with Crippen molar-refractivity contribution < 1.29 is 28.5 Å². The lowest BCUT2D eigenvalue weighted by atomic mass is 10.1. The van der Waals surface area contributed by atoms with E-state index in [9.17, 15) is 9.59 Å². The highest BCUT2D eigenvalue weighted by atomic mass is 16.7. The number of hydrogen-bond acceptors (Lipinski definition) is 6. The lowest BCUT2D eigenvalue weighted by Gasteiger charge is -2.22. The van der Waals surface area contributed by atoms with E-state index in [1.54, 1.807) is 6.92 Å². The molecule has 3 atom stereocenters. The van der Waals surface area contributed by atoms with Gasteiger partial charge in [-0.1, -0.05) is 27.2 Å². The van der Waals surface area contributed by atoms with E-state index in [1.165, 1.54) is 0 Å². The highest BCUT2D eigenvalue weighted by Gasteiger charge is 2.31. The van der Waals surface area contributed by atoms with Gasteiger partial charge in [-0.15, -0.1) is 0 Å². The van der Waals surface area contributed by atoms with Crippen LogP contribution in [-0.2, 0) is 28.5 Å². The molecule has 0 heterocycles. The molecule has 6 heteroatoms. The number of carbonyl (C=O) groups excluding carboxylic acids is 2. The maximum Gasteiger partial charge on any atom is 0.322 e. The molecule has 0 saturated carbocycles. The summed E-state index contributed by atoms with van der Waals surface area (Å²) < 4.78 is 21.5. The zero-order valence-electron chi connectivity index (χ0n) is 15.8. The van der Waals surface area contributed by atoms with Crippen molar-refractivity contribution in [1.82, 2.24) is 0 Å². The summed E-state index contributed by atoms with van der Waals surface area (Å²) >= 11 is 0. The van der Waals surface area contributed by atoms with E-state index in [4.69, 9.17) is 18.9 Å². The van der Waals surface area contributed by atoms with Crippen LogP contribution in [0.1, 0.15) is 66.7 Å². The molecule has 0 bridgehead atoms. The molecule has 0 fully saturated rings. The fraction of sp³-hybridized carbons (Fsp3) is 0.889. The summed E-state index contributed by atoms with van der Waals surface area (Å²) in [4.78, 5) is 24.6. The molecular formula is C18H34O6. The maximum atomic E-state index is 12.3. The van der Waals surface area contributed by atoms with Gasteiger partial charge in [-0.3, -0.25) is 9.59 Å². The van der Waals surface area contributed by atoms with Gasteiger partial charge in [0.1, 0.15) is 6.10 Å². The molecule has 0 aliphatic carbocycles. The van der Waals surface area contributed by atoms with Crippen LogP contribution >= 0.6 is 0 Å². The van der Waals surface area contributed by atoms with Crippen LogP contribution in [0.2, 0.25) is 0 Å². The van der Waals surface area contributed by atoms with Gasteiger partial charge in [-0.05, 0) is 33.1 Å². The predicted molar refractivity (Wildman–Crippen MR) is 91.5 cm³/mol. The summed E-state index contributed by atoms with van der Waals surface area (Å²) in [6.45, 7) is 10.9. The zero-order chi connectivity index (χ0) is 18.4. The summed E-state index contributed by atoms with van der Waals surface area (Å²) in [5, 5.41) is 0. The molecule has 142 valence electrons.